The van der Waals surface area contributed by atoms with Crippen LogP contribution >= 0.6 is 0 Å². The fourth-order valence-electron chi connectivity index (χ4n) is 5.06. The maximum Gasteiger partial charge on any atom is 0.0614 e. The number of aliphatic hydroxyl groups is 1. The number of allylic oxidation sites excluding steroid dienone is 3. The molecule has 2 rings (SSSR count). The minimum atomic E-state index is 0.182. The van der Waals surface area contributed by atoms with Gasteiger partial charge in [-0.1, -0.05) is 44.1 Å². The van der Waals surface area contributed by atoms with E-state index in [0.717, 1.165) is 18.3 Å². The summed E-state index contributed by atoms with van der Waals surface area (Å²) in [6.07, 6.45) is 12.2. The standard InChI is InChI=1S/C20H34O/c1-15(11-14-21)9-12-19(4)17(3)10-13-20(5)16(2)7-6-8-18(19)20/h7,11,17-18,21H,6,8-10,12-14H2,1-5H3/t17?,18?,19-,20-/m0/s1. The Bertz CT molecular complexity index is 433. The molecule has 1 heteroatoms. The van der Waals surface area contributed by atoms with E-state index in [9.17, 15) is 0 Å². The Balaban J connectivity index is 2.23. The number of hydrogen-bond acceptors (Lipinski definition) is 1. The van der Waals surface area contributed by atoms with Crippen molar-refractivity contribution in [1.29, 1.82) is 0 Å². The van der Waals surface area contributed by atoms with Crippen molar-refractivity contribution in [3.63, 3.8) is 0 Å². The molecule has 0 aromatic rings. The van der Waals surface area contributed by atoms with Crippen LogP contribution in [-0.4, -0.2) is 11.7 Å². The molecular weight excluding hydrogens is 256 g/mol. The molecule has 0 aliphatic heterocycles. The second kappa shape index (κ2) is 6.28. The van der Waals surface area contributed by atoms with Crippen molar-refractivity contribution in [3.05, 3.63) is 23.3 Å². The Hall–Kier alpha value is -0.560. The van der Waals surface area contributed by atoms with Crippen LogP contribution in [0, 0.1) is 22.7 Å². The largest absolute Gasteiger partial charge is 0.392 e. The lowest BCUT2D eigenvalue weighted by molar-refractivity contribution is -0.0466. The first-order chi connectivity index (χ1) is 9.84. The van der Waals surface area contributed by atoms with E-state index in [0.29, 0.717) is 10.8 Å². The zero-order valence-corrected chi connectivity index (χ0v) is 14.7. The van der Waals surface area contributed by atoms with Crippen LogP contribution in [0.4, 0.5) is 0 Å². The molecule has 2 unspecified atom stereocenters. The van der Waals surface area contributed by atoms with E-state index < -0.39 is 0 Å². The van der Waals surface area contributed by atoms with Crippen molar-refractivity contribution >= 4 is 0 Å². The van der Waals surface area contributed by atoms with Crippen molar-refractivity contribution < 1.29 is 5.11 Å². The van der Waals surface area contributed by atoms with E-state index >= 15 is 0 Å². The smallest absolute Gasteiger partial charge is 0.0614 e. The summed E-state index contributed by atoms with van der Waals surface area (Å²) in [4.78, 5) is 0. The van der Waals surface area contributed by atoms with Crippen molar-refractivity contribution in [2.75, 3.05) is 6.61 Å². The lowest BCUT2D eigenvalue weighted by Crippen LogP contribution is -2.49. The third-order valence-electron chi connectivity index (χ3n) is 7.09. The predicted molar refractivity (Wildman–Crippen MR) is 91.2 cm³/mol. The van der Waals surface area contributed by atoms with Crippen LogP contribution in [0.15, 0.2) is 23.3 Å². The van der Waals surface area contributed by atoms with Gasteiger partial charge in [-0.2, -0.15) is 0 Å². The number of fused-ring (bicyclic) bond motifs is 1. The molecule has 2 aliphatic carbocycles. The van der Waals surface area contributed by atoms with Gasteiger partial charge in [-0.25, -0.2) is 0 Å². The molecule has 0 aromatic carbocycles. The molecule has 21 heavy (non-hydrogen) atoms. The highest BCUT2D eigenvalue weighted by Crippen LogP contribution is 2.61. The fourth-order valence-corrected chi connectivity index (χ4v) is 5.06. The maximum absolute atomic E-state index is 9.07. The lowest BCUT2D eigenvalue weighted by Gasteiger charge is -2.58. The molecule has 1 nitrogen and oxygen atoms in total. The van der Waals surface area contributed by atoms with Gasteiger partial charge in [-0.05, 0) is 75.0 Å². The second-order valence-electron chi connectivity index (χ2n) is 8.11. The van der Waals surface area contributed by atoms with Crippen LogP contribution in [-0.2, 0) is 0 Å². The molecular formula is C20H34O. The van der Waals surface area contributed by atoms with E-state index in [1.54, 1.807) is 5.57 Å². The quantitative estimate of drug-likeness (QED) is 0.677. The first kappa shape index (κ1) is 16.8. The molecule has 0 saturated heterocycles. The molecule has 0 heterocycles. The lowest BCUT2D eigenvalue weighted by atomic mass is 9.47. The molecule has 120 valence electrons. The summed E-state index contributed by atoms with van der Waals surface area (Å²) >= 11 is 0. The van der Waals surface area contributed by atoms with E-state index in [4.69, 9.17) is 5.11 Å². The molecule has 4 atom stereocenters. The monoisotopic (exact) mass is 290 g/mol. The zero-order chi connectivity index (χ0) is 15.7. The molecule has 1 saturated carbocycles. The molecule has 1 fully saturated rings. The minimum absolute atomic E-state index is 0.182. The summed E-state index contributed by atoms with van der Waals surface area (Å²) < 4.78 is 0. The Morgan fingerprint density at radius 1 is 1.38 bits per heavy atom. The summed E-state index contributed by atoms with van der Waals surface area (Å²) in [7, 11) is 0. The van der Waals surface area contributed by atoms with Crippen molar-refractivity contribution in [2.24, 2.45) is 22.7 Å². The maximum atomic E-state index is 9.07. The van der Waals surface area contributed by atoms with Gasteiger partial charge in [-0.3, -0.25) is 0 Å². The van der Waals surface area contributed by atoms with Crippen LogP contribution in [0.3, 0.4) is 0 Å². The van der Waals surface area contributed by atoms with E-state index in [1.807, 2.05) is 6.08 Å². The van der Waals surface area contributed by atoms with Crippen molar-refractivity contribution in [3.8, 4) is 0 Å². The normalized spacial score (nSPS) is 40.7. The summed E-state index contributed by atoms with van der Waals surface area (Å²) in [6, 6.07) is 0. The second-order valence-corrected chi connectivity index (χ2v) is 8.11. The molecule has 0 radical (unpaired) electrons. The van der Waals surface area contributed by atoms with Gasteiger partial charge >= 0.3 is 0 Å². The SMILES string of the molecule is CC(=CCO)CC[C@@]1(C)C(C)CC[C@@]2(C)C(C)=CCCC12. The molecule has 0 aromatic heterocycles. The fraction of sp³-hybridized carbons (Fsp3) is 0.800. The Labute approximate surface area is 131 Å². The summed E-state index contributed by atoms with van der Waals surface area (Å²) in [6.45, 7) is 12.2. The third kappa shape index (κ3) is 2.99. The Kier molecular flexibility index (Phi) is 5.03. The third-order valence-corrected chi connectivity index (χ3v) is 7.09. The van der Waals surface area contributed by atoms with Gasteiger partial charge in [0.1, 0.15) is 0 Å². The van der Waals surface area contributed by atoms with Gasteiger partial charge in [0.05, 0.1) is 6.61 Å². The first-order valence-corrected chi connectivity index (χ1v) is 8.78. The van der Waals surface area contributed by atoms with Crippen LogP contribution < -0.4 is 0 Å². The molecule has 0 amide bonds. The highest BCUT2D eigenvalue weighted by molar-refractivity contribution is 5.21. The van der Waals surface area contributed by atoms with Gasteiger partial charge in [0.25, 0.3) is 0 Å². The van der Waals surface area contributed by atoms with Gasteiger partial charge in [-0.15, -0.1) is 0 Å². The highest BCUT2D eigenvalue weighted by atomic mass is 16.2. The highest BCUT2D eigenvalue weighted by Gasteiger charge is 2.52. The Morgan fingerprint density at radius 2 is 2.10 bits per heavy atom. The molecule has 0 bridgehead atoms. The van der Waals surface area contributed by atoms with Crippen LogP contribution in [0.5, 0.6) is 0 Å². The number of aliphatic hydroxyl groups excluding tert-OH is 1. The van der Waals surface area contributed by atoms with E-state index in [2.05, 4.69) is 40.7 Å². The average Bonchev–Trinajstić information content (AvgIpc) is 2.44. The summed E-state index contributed by atoms with van der Waals surface area (Å²) in [5.74, 6) is 1.63. The first-order valence-electron chi connectivity index (χ1n) is 8.78. The molecule has 1 N–H and O–H groups in total. The van der Waals surface area contributed by atoms with E-state index in [1.165, 1.54) is 37.7 Å². The minimum Gasteiger partial charge on any atom is -0.392 e. The predicted octanol–water partition coefficient (Wildman–Crippen LogP) is 5.50. The van der Waals surface area contributed by atoms with Gasteiger partial charge in [0.2, 0.25) is 0 Å². The van der Waals surface area contributed by atoms with Crippen molar-refractivity contribution in [1.82, 2.24) is 0 Å². The van der Waals surface area contributed by atoms with Crippen LogP contribution in [0.2, 0.25) is 0 Å². The van der Waals surface area contributed by atoms with Gasteiger partial charge < -0.3 is 5.11 Å². The van der Waals surface area contributed by atoms with Gasteiger partial charge in [0, 0.05) is 0 Å². The molecule has 0 spiro atoms. The number of hydrogen-bond donors (Lipinski definition) is 1. The summed E-state index contributed by atoms with van der Waals surface area (Å²) in [5.41, 5.74) is 3.85. The Morgan fingerprint density at radius 3 is 2.76 bits per heavy atom. The van der Waals surface area contributed by atoms with Gasteiger partial charge in [0.15, 0.2) is 0 Å². The van der Waals surface area contributed by atoms with E-state index in [-0.39, 0.29) is 6.61 Å². The summed E-state index contributed by atoms with van der Waals surface area (Å²) in [5, 5.41) is 9.07. The van der Waals surface area contributed by atoms with Crippen LogP contribution in [0.25, 0.3) is 0 Å². The number of rotatable bonds is 4. The van der Waals surface area contributed by atoms with Crippen molar-refractivity contribution in [2.45, 2.75) is 73.1 Å². The zero-order valence-electron chi connectivity index (χ0n) is 14.7. The molecule has 2 aliphatic rings. The topological polar surface area (TPSA) is 20.2 Å². The average molecular weight is 290 g/mol. The van der Waals surface area contributed by atoms with Crippen LogP contribution in [0.1, 0.15) is 73.1 Å².